The lowest BCUT2D eigenvalue weighted by molar-refractivity contribution is -0.214. The van der Waals surface area contributed by atoms with Crippen molar-refractivity contribution in [3.63, 3.8) is 0 Å². The van der Waals surface area contributed by atoms with Gasteiger partial charge in [0, 0.05) is 30.3 Å². The number of carboxylic acid groups (broad SMARTS) is 1. The largest absolute Gasteiger partial charge is 0.481 e. The minimum Gasteiger partial charge on any atom is -0.481 e. The van der Waals surface area contributed by atoms with E-state index in [-0.39, 0.29) is 40.5 Å². The van der Waals surface area contributed by atoms with Crippen LogP contribution >= 0.6 is 0 Å². The van der Waals surface area contributed by atoms with Gasteiger partial charge >= 0.3 is 11.9 Å². The van der Waals surface area contributed by atoms with Crippen LogP contribution in [0.1, 0.15) is 125 Å². The highest BCUT2D eigenvalue weighted by Gasteiger charge is 2.67. The molecule has 7 nitrogen and oxygen atoms in total. The molecular formula is C43H63NO6. The van der Waals surface area contributed by atoms with Crippen molar-refractivity contribution in [3.05, 3.63) is 47.0 Å². The molecule has 50 heavy (non-hydrogen) atoms. The van der Waals surface area contributed by atoms with Gasteiger partial charge in [-0.15, -0.1) is 0 Å². The van der Waals surface area contributed by atoms with Gasteiger partial charge < -0.3 is 20.3 Å². The van der Waals surface area contributed by atoms with E-state index in [1.807, 2.05) is 18.2 Å². The molecule has 0 radical (unpaired) electrons. The Kier molecular flexibility index (Phi) is 9.81. The van der Waals surface area contributed by atoms with Gasteiger partial charge in [-0.1, -0.05) is 77.4 Å². The summed E-state index contributed by atoms with van der Waals surface area (Å²) < 4.78 is 6.14. The van der Waals surface area contributed by atoms with Gasteiger partial charge in [0.15, 0.2) is 5.78 Å². The van der Waals surface area contributed by atoms with Crippen molar-refractivity contribution >= 4 is 17.7 Å². The number of esters is 1. The maximum absolute atomic E-state index is 13.9. The number of fused-ring (bicyclic) bond motifs is 7. The molecule has 0 bridgehead atoms. The van der Waals surface area contributed by atoms with Crippen LogP contribution in [-0.4, -0.2) is 46.7 Å². The van der Waals surface area contributed by atoms with E-state index in [1.54, 1.807) is 13.8 Å². The molecule has 0 aliphatic heterocycles. The Morgan fingerprint density at radius 1 is 0.940 bits per heavy atom. The van der Waals surface area contributed by atoms with Crippen LogP contribution in [0.25, 0.3) is 0 Å². The van der Waals surface area contributed by atoms with E-state index in [1.165, 1.54) is 11.1 Å². The van der Waals surface area contributed by atoms with Crippen molar-refractivity contribution in [2.24, 2.45) is 56.7 Å². The van der Waals surface area contributed by atoms with Gasteiger partial charge in [-0.25, -0.2) is 0 Å². The number of carboxylic acids is 1. The zero-order valence-corrected chi connectivity index (χ0v) is 31.9. The van der Waals surface area contributed by atoms with Gasteiger partial charge in [-0.2, -0.15) is 0 Å². The lowest BCUT2D eigenvalue weighted by Crippen LogP contribution is -2.63. The van der Waals surface area contributed by atoms with Crippen molar-refractivity contribution in [1.29, 1.82) is 0 Å². The third-order valence-corrected chi connectivity index (χ3v) is 15.2. The quantitative estimate of drug-likeness (QED) is 0.213. The topological polar surface area (TPSA) is 113 Å². The fraction of sp³-hybridized carbons (Fsp3) is 0.744. The Bertz CT molecular complexity index is 1510. The number of aliphatic hydroxyl groups is 1. The summed E-state index contributed by atoms with van der Waals surface area (Å²) >= 11 is 0. The molecule has 1 aromatic rings. The number of carbonyl (C=O) groups excluding carboxylic acids is 2. The molecule has 276 valence electrons. The van der Waals surface area contributed by atoms with E-state index in [0.29, 0.717) is 43.2 Å². The van der Waals surface area contributed by atoms with Crippen LogP contribution in [0.3, 0.4) is 0 Å². The highest BCUT2D eigenvalue weighted by molar-refractivity contribution is 6.00. The van der Waals surface area contributed by atoms with Gasteiger partial charge in [0.25, 0.3) is 0 Å². The Balaban J connectivity index is 1.23. The Labute approximate surface area is 300 Å². The first-order valence-corrected chi connectivity index (χ1v) is 19.5. The highest BCUT2D eigenvalue weighted by Crippen LogP contribution is 2.73. The summed E-state index contributed by atoms with van der Waals surface area (Å²) in [6, 6.07) is 10.3. The Morgan fingerprint density at radius 2 is 1.62 bits per heavy atom. The Morgan fingerprint density at radius 3 is 2.28 bits per heavy atom. The number of ether oxygens (including phenoxy) is 1. The van der Waals surface area contributed by atoms with Crippen molar-refractivity contribution in [1.82, 2.24) is 5.32 Å². The summed E-state index contributed by atoms with van der Waals surface area (Å²) in [6.07, 6.45) is 7.51. The molecule has 0 saturated heterocycles. The van der Waals surface area contributed by atoms with E-state index in [0.717, 1.165) is 56.9 Å². The van der Waals surface area contributed by atoms with Crippen molar-refractivity contribution in [3.8, 4) is 0 Å². The monoisotopic (exact) mass is 689 g/mol. The van der Waals surface area contributed by atoms with E-state index >= 15 is 0 Å². The van der Waals surface area contributed by atoms with Crippen LogP contribution in [0.5, 0.6) is 0 Å². The molecule has 0 aromatic heterocycles. The molecule has 0 heterocycles. The predicted molar refractivity (Wildman–Crippen MR) is 195 cm³/mol. The second-order valence-corrected chi connectivity index (χ2v) is 19.1. The zero-order valence-electron chi connectivity index (χ0n) is 31.9. The van der Waals surface area contributed by atoms with Gasteiger partial charge in [0.1, 0.15) is 6.10 Å². The zero-order chi connectivity index (χ0) is 36.4. The first-order chi connectivity index (χ1) is 23.4. The summed E-state index contributed by atoms with van der Waals surface area (Å²) in [6.45, 7) is 18.3. The number of aliphatic hydroxyl groups excluding tert-OH is 1. The fourth-order valence-electron chi connectivity index (χ4n) is 12.7. The first kappa shape index (κ1) is 37.3. The SMILES string of the molecule is CC(C)C1=C2C3CCC4C(C)(CCC5C(C)(C)C(OC(=O)CC(C)(C)C(=O)O)CCC54C)C3CCC2(C(O)CNCc2ccccc2)CC1=O. The molecule has 3 N–H and O–H groups in total. The van der Waals surface area contributed by atoms with Crippen LogP contribution in [0.15, 0.2) is 41.5 Å². The number of Topliss-reactive ketones (excluding diaryl/α,β-unsaturated/α-hetero) is 1. The molecule has 0 amide bonds. The third-order valence-electron chi connectivity index (χ3n) is 15.2. The average Bonchev–Trinajstić information content (AvgIpc) is 3.36. The number of carbonyl (C=O) groups is 3. The molecule has 0 spiro atoms. The number of ketones is 1. The lowest BCUT2D eigenvalue weighted by Gasteiger charge is -2.69. The number of hydrogen-bond acceptors (Lipinski definition) is 6. The molecule has 5 aliphatic rings. The first-order valence-electron chi connectivity index (χ1n) is 19.5. The molecular weight excluding hydrogens is 626 g/mol. The number of nitrogens with one attached hydrogen (secondary N) is 1. The number of benzene rings is 1. The van der Waals surface area contributed by atoms with Crippen LogP contribution in [0.2, 0.25) is 0 Å². The van der Waals surface area contributed by atoms with E-state index in [9.17, 15) is 24.6 Å². The lowest BCUT2D eigenvalue weighted by atomic mass is 9.36. The molecule has 6 rings (SSSR count). The van der Waals surface area contributed by atoms with E-state index in [2.05, 4.69) is 59.0 Å². The van der Waals surface area contributed by atoms with Crippen LogP contribution in [-0.2, 0) is 25.7 Å². The van der Waals surface area contributed by atoms with Crippen molar-refractivity contribution in [2.75, 3.05) is 6.54 Å². The molecule has 4 saturated carbocycles. The summed E-state index contributed by atoms with van der Waals surface area (Å²) in [4.78, 5) is 38.6. The molecule has 7 heteroatoms. The predicted octanol–water partition coefficient (Wildman–Crippen LogP) is 8.14. The second-order valence-electron chi connectivity index (χ2n) is 19.1. The van der Waals surface area contributed by atoms with Crippen LogP contribution in [0, 0.1) is 56.7 Å². The van der Waals surface area contributed by atoms with E-state index in [4.69, 9.17) is 4.74 Å². The minimum atomic E-state index is -1.16. The third kappa shape index (κ3) is 6.00. The van der Waals surface area contributed by atoms with Crippen LogP contribution in [0.4, 0.5) is 0 Å². The normalized spacial score (nSPS) is 37.0. The molecule has 5 aliphatic carbocycles. The average molecular weight is 690 g/mol. The smallest absolute Gasteiger partial charge is 0.309 e. The summed E-state index contributed by atoms with van der Waals surface area (Å²) in [5, 5.41) is 25.1. The fourth-order valence-corrected chi connectivity index (χ4v) is 12.7. The molecule has 1 aromatic carbocycles. The molecule has 4 fully saturated rings. The van der Waals surface area contributed by atoms with Gasteiger partial charge in [0.2, 0.25) is 0 Å². The molecule has 9 unspecified atom stereocenters. The summed E-state index contributed by atoms with van der Waals surface area (Å²) in [5.74, 6) is 0.708. The summed E-state index contributed by atoms with van der Waals surface area (Å²) in [5.41, 5.74) is 1.88. The highest BCUT2D eigenvalue weighted by atomic mass is 16.5. The van der Waals surface area contributed by atoms with E-state index < -0.39 is 28.9 Å². The number of aliphatic carboxylic acids is 1. The Hall–Kier alpha value is -2.51. The van der Waals surface area contributed by atoms with Crippen LogP contribution < -0.4 is 5.32 Å². The maximum atomic E-state index is 13.9. The van der Waals surface area contributed by atoms with Crippen molar-refractivity contribution in [2.45, 2.75) is 138 Å². The number of hydrogen-bond donors (Lipinski definition) is 3. The summed E-state index contributed by atoms with van der Waals surface area (Å²) in [7, 11) is 0. The van der Waals surface area contributed by atoms with Gasteiger partial charge in [-0.05, 0) is 117 Å². The van der Waals surface area contributed by atoms with Gasteiger partial charge in [0.05, 0.1) is 17.9 Å². The number of rotatable bonds is 10. The number of allylic oxidation sites excluding steroid dienone is 1. The van der Waals surface area contributed by atoms with Crippen molar-refractivity contribution < 1.29 is 29.3 Å². The maximum Gasteiger partial charge on any atom is 0.309 e. The standard InChI is InChI=1S/C43H63NO6/c1-26(2)36-30(45)22-43(33(46)25-44-24-27-12-10-9-11-13-27)21-16-29-28(37(36)43)14-15-32-41(29,7)19-17-31-40(5,6)34(18-20-42(31,32)8)50-35(47)23-39(3,4)38(48)49/h9-13,26,28-29,31-34,44,46H,14-25H2,1-8H3,(H,48,49). The molecule has 9 atom stereocenters. The second kappa shape index (κ2) is 13.2. The minimum absolute atomic E-state index is 0.0981. The van der Waals surface area contributed by atoms with Gasteiger partial charge in [-0.3, -0.25) is 14.4 Å².